The maximum atomic E-state index is 12.6. The molecule has 1 aromatic heterocycles. The summed E-state index contributed by atoms with van der Waals surface area (Å²) in [5.41, 5.74) is -1.67. The number of aromatic nitrogens is 1. The minimum absolute atomic E-state index is 0.137. The van der Waals surface area contributed by atoms with E-state index in [4.69, 9.17) is 4.74 Å². The van der Waals surface area contributed by atoms with Crippen LogP contribution in [0, 0.1) is 5.41 Å². The smallest absolute Gasteiger partial charge is 0.444 e. The predicted octanol–water partition coefficient (Wildman–Crippen LogP) is 3.76. The molecule has 2 bridgehead atoms. The van der Waals surface area contributed by atoms with Crippen LogP contribution >= 0.6 is 0 Å². The molecule has 0 spiro atoms. The number of alkyl carbamates (subject to hydrolysis) is 1. The van der Waals surface area contributed by atoms with Gasteiger partial charge in [-0.25, -0.2) is 9.78 Å². The van der Waals surface area contributed by atoms with Crippen molar-refractivity contribution in [1.29, 1.82) is 0 Å². The first-order chi connectivity index (χ1) is 12.8. The monoisotopic (exact) mass is 401 g/mol. The van der Waals surface area contributed by atoms with Crippen molar-refractivity contribution in [2.75, 3.05) is 5.32 Å². The summed E-state index contributed by atoms with van der Waals surface area (Å²) in [4.78, 5) is 28.4. The lowest BCUT2D eigenvalue weighted by molar-refractivity contribution is -0.274. The third kappa shape index (κ3) is 4.48. The van der Waals surface area contributed by atoms with Crippen LogP contribution in [0.4, 0.5) is 23.8 Å². The normalized spacial score (nSPS) is 26.2. The van der Waals surface area contributed by atoms with E-state index in [0.29, 0.717) is 25.7 Å². The van der Waals surface area contributed by atoms with E-state index < -0.39 is 34.8 Å². The fraction of sp³-hybridized carbons (Fsp3) is 0.611. The van der Waals surface area contributed by atoms with E-state index in [9.17, 15) is 22.8 Å². The van der Waals surface area contributed by atoms with Gasteiger partial charge in [-0.1, -0.05) is 0 Å². The average Bonchev–Trinajstić information content (AvgIpc) is 3.02. The van der Waals surface area contributed by atoms with Gasteiger partial charge in [0.05, 0.1) is 11.6 Å². The molecule has 0 aromatic carbocycles. The summed E-state index contributed by atoms with van der Waals surface area (Å²) >= 11 is 0. The van der Waals surface area contributed by atoms with E-state index >= 15 is 0 Å². The van der Waals surface area contributed by atoms with Crippen molar-refractivity contribution < 1.29 is 32.2 Å². The zero-order chi connectivity index (χ0) is 20.8. The molecule has 2 N–H and O–H groups in total. The second kappa shape index (κ2) is 6.52. The van der Waals surface area contributed by atoms with Gasteiger partial charge in [0.15, 0.2) is 0 Å². The largest absolute Gasteiger partial charge is 0.573 e. The van der Waals surface area contributed by atoms with Crippen molar-refractivity contribution >= 4 is 17.8 Å². The molecule has 1 aromatic rings. The molecule has 3 aliphatic carbocycles. The highest BCUT2D eigenvalue weighted by Crippen LogP contribution is 2.61. The van der Waals surface area contributed by atoms with Crippen molar-refractivity contribution in [2.24, 2.45) is 5.41 Å². The first kappa shape index (κ1) is 20.2. The highest BCUT2D eigenvalue weighted by Gasteiger charge is 2.65. The molecule has 0 saturated heterocycles. The maximum Gasteiger partial charge on any atom is 0.573 e. The Morgan fingerprint density at radius 2 is 1.82 bits per heavy atom. The van der Waals surface area contributed by atoms with Gasteiger partial charge in [-0.2, -0.15) is 0 Å². The molecule has 3 saturated carbocycles. The number of carbonyl (C=O) groups excluding carboxylic acids is 2. The minimum Gasteiger partial charge on any atom is -0.444 e. The third-order valence-electron chi connectivity index (χ3n) is 4.89. The van der Waals surface area contributed by atoms with Crippen molar-refractivity contribution in [1.82, 2.24) is 10.3 Å². The lowest BCUT2D eigenvalue weighted by Crippen LogP contribution is -2.59. The van der Waals surface area contributed by atoms with Crippen LogP contribution in [-0.4, -0.2) is 34.5 Å². The molecule has 0 radical (unpaired) electrons. The van der Waals surface area contributed by atoms with Crippen LogP contribution in [-0.2, 0) is 9.53 Å². The Kier molecular flexibility index (Phi) is 4.71. The molecular weight excluding hydrogens is 379 g/mol. The van der Waals surface area contributed by atoms with Gasteiger partial charge in [0.1, 0.15) is 17.2 Å². The van der Waals surface area contributed by atoms with Crippen LogP contribution in [0.15, 0.2) is 18.3 Å². The third-order valence-corrected chi connectivity index (χ3v) is 4.89. The Labute approximate surface area is 160 Å². The first-order valence-corrected chi connectivity index (χ1v) is 8.84. The fourth-order valence-electron chi connectivity index (χ4n) is 3.92. The summed E-state index contributed by atoms with van der Waals surface area (Å²) in [7, 11) is 0. The highest BCUT2D eigenvalue weighted by molar-refractivity contribution is 5.96. The van der Waals surface area contributed by atoms with Crippen LogP contribution < -0.4 is 15.4 Å². The molecule has 154 valence electrons. The predicted molar refractivity (Wildman–Crippen MR) is 92.6 cm³/mol. The van der Waals surface area contributed by atoms with E-state index in [1.807, 2.05) is 0 Å². The number of carbonyl (C=O) groups is 2. The van der Waals surface area contributed by atoms with Crippen molar-refractivity contribution in [3.8, 4) is 5.75 Å². The number of pyridine rings is 1. The molecule has 2 amide bonds. The second-order valence-corrected chi connectivity index (χ2v) is 8.42. The van der Waals surface area contributed by atoms with Crippen LogP contribution in [0.3, 0.4) is 0 Å². The number of alkyl halides is 3. The zero-order valence-electron chi connectivity index (χ0n) is 15.8. The van der Waals surface area contributed by atoms with Crippen LogP contribution in [0.25, 0.3) is 0 Å². The summed E-state index contributed by atoms with van der Waals surface area (Å²) in [6, 6.07) is 2.33. The number of ether oxygens (including phenoxy) is 2. The van der Waals surface area contributed by atoms with Gasteiger partial charge < -0.3 is 20.1 Å². The quantitative estimate of drug-likeness (QED) is 0.802. The van der Waals surface area contributed by atoms with E-state index in [1.165, 1.54) is 6.07 Å². The molecule has 0 unspecified atom stereocenters. The Bertz CT molecular complexity index is 766. The van der Waals surface area contributed by atoms with E-state index in [0.717, 1.165) is 12.3 Å². The molecular formula is C18H22F3N3O4. The van der Waals surface area contributed by atoms with Crippen LogP contribution in [0.2, 0.25) is 0 Å². The summed E-state index contributed by atoms with van der Waals surface area (Å²) in [6.07, 6.45) is -2.18. The Morgan fingerprint density at radius 1 is 1.14 bits per heavy atom. The van der Waals surface area contributed by atoms with Gasteiger partial charge in [0, 0.05) is 5.54 Å². The minimum atomic E-state index is -4.80. The van der Waals surface area contributed by atoms with Crippen LogP contribution in [0.1, 0.15) is 46.5 Å². The van der Waals surface area contributed by atoms with Gasteiger partial charge >= 0.3 is 12.5 Å². The summed E-state index contributed by atoms with van der Waals surface area (Å²) in [5, 5.41) is 5.50. The van der Waals surface area contributed by atoms with Gasteiger partial charge in [-0.3, -0.25) is 4.79 Å². The molecule has 7 nitrogen and oxygen atoms in total. The van der Waals surface area contributed by atoms with Crippen molar-refractivity contribution in [3.05, 3.63) is 18.3 Å². The Balaban J connectivity index is 1.55. The lowest BCUT2D eigenvalue weighted by atomic mass is 9.64. The van der Waals surface area contributed by atoms with Gasteiger partial charge in [-0.15, -0.1) is 13.2 Å². The number of hydrogen-bond acceptors (Lipinski definition) is 5. The number of hydrogen-bond donors (Lipinski definition) is 2. The molecule has 3 aliphatic rings. The molecule has 1 heterocycles. The Morgan fingerprint density at radius 3 is 2.36 bits per heavy atom. The number of nitrogens with zero attached hydrogens (tertiary/aromatic N) is 1. The van der Waals surface area contributed by atoms with Crippen LogP contribution in [0.5, 0.6) is 5.75 Å². The number of anilines is 1. The number of fused-ring (bicyclic) bond motifs is 1. The standard InChI is InChI=1S/C18H22F3N3O4/c1-15(2,3)28-14(26)24-17-7-6-16(9-17,10-17)13(25)23-12-5-4-11(8-22-12)27-18(19,20)21/h4-5,8H,6-7,9-10H2,1-3H3,(H,24,26)(H,22,23,25). The van der Waals surface area contributed by atoms with Gasteiger partial charge in [0.25, 0.3) is 0 Å². The molecule has 3 fully saturated rings. The SMILES string of the molecule is CC(C)(C)OC(=O)NC12CCC(C(=O)Nc3ccc(OC(F)(F)F)cn3)(C1)C2. The Hall–Kier alpha value is -2.52. The van der Waals surface area contributed by atoms with E-state index in [2.05, 4.69) is 20.4 Å². The topological polar surface area (TPSA) is 89.5 Å². The molecule has 4 rings (SSSR count). The second-order valence-electron chi connectivity index (χ2n) is 8.42. The van der Waals surface area contributed by atoms with Crippen molar-refractivity contribution in [3.63, 3.8) is 0 Å². The lowest BCUT2D eigenvalue weighted by Gasteiger charge is -2.46. The van der Waals surface area contributed by atoms with Gasteiger partial charge in [-0.05, 0) is 58.6 Å². The first-order valence-electron chi connectivity index (χ1n) is 8.84. The highest BCUT2D eigenvalue weighted by atomic mass is 19.4. The molecule has 0 aliphatic heterocycles. The summed E-state index contributed by atoms with van der Waals surface area (Å²) < 4.78 is 45.5. The summed E-state index contributed by atoms with van der Waals surface area (Å²) in [6.45, 7) is 5.32. The number of halogens is 3. The number of amides is 2. The molecule has 0 atom stereocenters. The molecule has 10 heteroatoms. The molecule has 28 heavy (non-hydrogen) atoms. The van der Waals surface area contributed by atoms with E-state index in [1.54, 1.807) is 20.8 Å². The number of rotatable bonds is 4. The zero-order valence-corrected chi connectivity index (χ0v) is 15.8. The maximum absolute atomic E-state index is 12.6. The van der Waals surface area contributed by atoms with Gasteiger partial charge in [0.2, 0.25) is 5.91 Å². The van der Waals surface area contributed by atoms with Crippen molar-refractivity contribution in [2.45, 2.75) is 64.0 Å². The summed E-state index contributed by atoms with van der Waals surface area (Å²) in [5.74, 6) is -0.587. The number of nitrogens with one attached hydrogen (secondary N) is 2. The fourth-order valence-corrected chi connectivity index (χ4v) is 3.92. The van der Waals surface area contributed by atoms with E-state index in [-0.39, 0.29) is 11.7 Å². The average molecular weight is 401 g/mol.